The smallest absolute Gasteiger partial charge is 0.322 e. The van der Waals surface area contributed by atoms with Crippen LogP contribution in [-0.2, 0) is 19.2 Å². The standard InChI is InChI=1S/C24H36N4O8.C4H10/c1-18(2)15-28(17-21(32)26(10-12-29)9-8-20(31)25-14-23(34)35)22(33)16-27(11-13-30)24(36)19-6-4-3-5-7-19;1-4(2)3/h3-7,18,29-30H,8-17H2,1-2H3,(H,25,31)(H,34,35);4H,1-3H3. The van der Waals surface area contributed by atoms with Gasteiger partial charge in [0.05, 0.1) is 19.8 Å². The van der Waals surface area contributed by atoms with Crippen LogP contribution in [0, 0.1) is 11.8 Å². The Hall–Kier alpha value is -3.51. The molecule has 226 valence electrons. The molecule has 12 heteroatoms. The van der Waals surface area contributed by atoms with Crippen molar-refractivity contribution >= 4 is 29.6 Å². The maximum Gasteiger partial charge on any atom is 0.322 e. The number of amides is 4. The molecule has 0 atom stereocenters. The number of aliphatic carboxylic acids is 1. The van der Waals surface area contributed by atoms with Crippen molar-refractivity contribution in [3.05, 3.63) is 35.9 Å². The summed E-state index contributed by atoms with van der Waals surface area (Å²) in [5.74, 6) is -2.35. The summed E-state index contributed by atoms with van der Waals surface area (Å²) in [6.07, 6.45) is -0.174. The Bertz CT molecular complexity index is 921. The van der Waals surface area contributed by atoms with Gasteiger partial charge in [-0.2, -0.15) is 0 Å². The third-order valence-corrected chi connectivity index (χ3v) is 5.04. The molecule has 0 aromatic heterocycles. The summed E-state index contributed by atoms with van der Waals surface area (Å²) in [5.41, 5.74) is 0.362. The van der Waals surface area contributed by atoms with E-state index in [1.54, 1.807) is 30.3 Å². The predicted octanol–water partition coefficient (Wildman–Crippen LogP) is 0.680. The fourth-order valence-electron chi connectivity index (χ4n) is 3.34. The second kappa shape index (κ2) is 20.4. The van der Waals surface area contributed by atoms with E-state index in [0.29, 0.717) is 5.56 Å². The number of nitrogens with zero attached hydrogens (tertiary/aromatic N) is 3. The monoisotopic (exact) mass is 566 g/mol. The van der Waals surface area contributed by atoms with Crippen molar-refractivity contribution < 1.29 is 39.3 Å². The molecule has 12 nitrogen and oxygen atoms in total. The fourth-order valence-corrected chi connectivity index (χ4v) is 3.34. The van der Waals surface area contributed by atoms with Gasteiger partial charge in [0.25, 0.3) is 5.91 Å². The van der Waals surface area contributed by atoms with Gasteiger partial charge in [0, 0.05) is 38.2 Å². The van der Waals surface area contributed by atoms with E-state index in [4.69, 9.17) is 5.11 Å². The van der Waals surface area contributed by atoms with Crippen LogP contribution in [-0.4, -0.2) is 119 Å². The van der Waals surface area contributed by atoms with E-state index in [1.807, 2.05) is 13.8 Å². The van der Waals surface area contributed by atoms with Gasteiger partial charge < -0.3 is 35.3 Å². The van der Waals surface area contributed by atoms with Crippen LogP contribution in [0.4, 0.5) is 0 Å². The van der Waals surface area contributed by atoms with Crippen molar-refractivity contribution in [2.24, 2.45) is 11.8 Å². The highest BCUT2D eigenvalue weighted by Gasteiger charge is 2.26. The van der Waals surface area contributed by atoms with Gasteiger partial charge in [0.2, 0.25) is 17.7 Å². The molecular weight excluding hydrogens is 520 g/mol. The summed E-state index contributed by atoms with van der Waals surface area (Å²) in [6.45, 7) is 8.32. The Morgan fingerprint density at radius 3 is 1.77 bits per heavy atom. The normalized spacial score (nSPS) is 10.4. The van der Waals surface area contributed by atoms with Gasteiger partial charge in [-0.05, 0) is 24.0 Å². The van der Waals surface area contributed by atoms with Gasteiger partial charge in [0.15, 0.2) is 0 Å². The number of rotatable bonds is 16. The SMILES string of the molecule is CC(C)C.CC(C)CN(CC(=O)N(CCO)CCC(=O)NCC(=O)O)C(=O)CN(CCO)C(=O)c1ccccc1. The molecule has 4 N–H and O–H groups in total. The van der Waals surface area contributed by atoms with Crippen molar-refractivity contribution in [1.82, 2.24) is 20.0 Å². The minimum Gasteiger partial charge on any atom is -0.480 e. The van der Waals surface area contributed by atoms with E-state index in [1.165, 1.54) is 14.7 Å². The third kappa shape index (κ3) is 16.5. The highest BCUT2D eigenvalue weighted by Crippen LogP contribution is 2.08. The number of carbonyl (C=O) groups excluding carboxylic acids is 4. The van der Waals surface area contributed by atoms with Crippen molar-refractivity contribution in [2.45, 2.75) is 41.0 Å². The molecule has 1 aromatic carbocycles. The molecule has 0 aliphatic heterocycles. The van der Waals surface area contributed by atoms with Gasteiger partial charge in [-0.15, -0.1) is 0 Å². The van der Waals surface area contributed by atoms with Gasteiger partial charge in [-0.25, -0.2) is 0 Å². The fraction of sp³-hybridized carbons (Fsp3) is 0.607. The van der Waals surface area contributed by atoms with Crippen molar-refractivity contribution in [1.29, 1.82) is 0 Å². The van der Waals surface area contributed by atoms with E-state index in [9.17, 15) is 34.2 Å². The van der Waals surface area contributed by atoms with Gasteiger partial charge in [-0.3, -0.25) is 24.0 Å². The zero-order valence-electron chi connectivity index (χ0n) is 24.3. The Kier molecular flexibility index (Phi) is 18.6. The van der Waals surface area contributed by atoms with E-state index in [0.717, 1.165) is 5.92 Å². The Morgan fingerprint density at radius 2 is 1.27 bits per heavy atom. The number of carboxylic acid groups (broad SMARTS) is 1. The summed E-state index contributed by atoms with van der Waals surface area (Å²) in [4.78, 5) is 65.1. The van der Waals surface area contributed by atoms with Gasteiger partial charge in [0.1, 0.15) is 13.1 Å². The molecule has 0 saturated carbocycles. The zero-order valence-corrected chi connectivity index (χ0v) is 24.3. The van der Waals surface area contributed by atoms with Crippen LogP contribution in [0.15, 0.2) is 30.3 Å². The minimum atomic E-state index is -1.20. The maximum absolute atomic E-state index is 13.1. The molecule has 0 aliphatic carbocycles. The summed E-state index contributed by atoms with van der Waals surface area (Å²) in [5, 5.41) is 29.6. The largest absolute Gasteiger partial charge is 0.480 e. The first kappa shape index (κ1) is 36.5. The molecular formula is C28H46N4O8. The van der Waals surface area contributed by atoms with Gasteiger partial charge in [-0.1, -0.05) is 52.8 Å². The number of hydrogen-bond acceptors (Lipinski definition) is 7. The molecule has 0 unspecified atom stereocenters. The average Bonchev–Trinajstić information content (AvgIpc) is 2.88. The summed E-state index contributed by atoms with van der Waals surface area (Å²) < 4.78 is 0. The minimum absolute atomic E-state index is 0.00551. The van der Waals surface area contributed by atoms with Crippen molar-refractivity contribution in [2.75, 3.05) is 59.0 Å². The second-order valence-electron chi connectivity index (χ2n) is 10.2. The van der Waals surface area contributed by atoms with Gasteiger partial charge >= 0.3 is 5.97 Å². The number of aliphatic hydroxyl groups excluding tert-OH is 2. The maximum atomic E-state index is 13.1. The average molecular weight is 567 g/mol. The van der Waals surface area contributed by atoms with Crippen LogP contribution < -0.4 is 5.32 Å². The lowest BCUT2D eigenvalue weighted by Crippen LogP contribution is -2.49. The van der Waals surface area contributed by atoms with Crippen molar-refractivity contribution in [3.63, 3.8) is 0 Å². The molecule has 0 saturated heterocycles. The lowest BCUT2D eigenvalue weighted by Gasteiger charge is -2.30. The van der Waals surface area contributed by atoms with Crippen LogP contribution in [0.25, 0.3) is 0 Å². The topological polar surface area (TPSA) is 168 Å². The van der Waals surface area contributed by atoms with E-state index in [-0.39, 0.29) is 64.8 Å². The third-order valence-electron chi connectivity index (χ3n) is 5.04. The Morgan fingerprint density at radius 1 is 0.775 bits per heavy atom. The summed E-state index contributed by atoms with van der Waals surface area (Å²) >= 11 is 0. The van der Waals surface area contributed by atoms with Crippen LogP contribution in [0.3, 0.4) is 0 Å². The number of aliphatic hydroxyl groups is 2. The molecule has 1 rings (SSSR count). The molecule has 0 bridgehead atoms. The van der Waals surface area contributed by atoms with Crippen molar-refractivity contribution in [3.8, 4) is 0 Å². The number of benzene rings is 1. The molecule has 1 aromatic rings. The Labute approximate surface area is 236 Å². The highest BCUT2D eigenvalue weighted by molar-refractivity contribution is 5.97. The first-order chi connectivity index (χ1) is 18.8. The van der Waals surface area contributed by atoms with Crippen LogP contribution in [0.5, 0.6) is 0 Å². The van der Waals surface area contributed by atoms with E-state index in [2.05, 4.69) is 26.1 Å². The number of carboxylic acids is 1. The van der Waals surface area contributed by atoms with E-state index < -0.39 is 36.1 Å². The Balaban J connectivity index is 0.00000354. The first-order valence-electron chi connectivity index (χ1n) is 13.4. The lowest BCUT2D eigenvalue weighted by molar-refractivity contribution is -0.142. The van der Waals surface area contributed by atoms with E-state index >= 15 is 0 Å². The summed E-state index contributed by atoms with van der Waals surface area (Å²) in [6, 6.07) is 8.33. The molecule has 0 aliphatic rings. The molecule has 0 radical (unpaired) electrons. The molecule has 0 heterocycles. The lowest BCUT2D eigenvalue weighted by atomic mass is 10.2. The van der Waals surface area contributed by atoms with Crippen LogP contribution in [0.2, 0.25) is 0 Å². The number of hydrogen-bond donors (Lipinski definition) is 4. The number of nitrogens with one attached hydrogen (secondary N) is 1. The molecule has 0 spiro atoms. The quantitative estimate of drug-likeness (QED) is 0.227. The molecule has 40 heavy (non-hydrogen) atoms. The van der Waals surface area contributed by atoms with Crippen LogP contribution >= 0.6 is 0 Å². The van der Waals surface area contributed by atoms with Crippen LogP contribution in [0.1, 0.15) is 51.4 Å². The highest BCUT2D eigenvalue weighted by atomic mass is 16.4. The summed E-state index contributed by atoms with van der Waals surface area (Å²) in [7, 11) is 0. The molecule has 0 fully saturated rings. The zero-order chi connectivity index (χ0) is 30.7. The molecule has 4 amide bonds. The second-order valence-corrected chi connectivity index (χ2v) is 10.2. The first-order valence-corrected chi connectivity index (χ1v) is 13.4. The predicted molar refractivity (Wildman–Crippen MR) is 150 cm³/mol. The number of carbonyl (C=O) groups is 5.